The molecule has 2 rings (SSSR count). The maximum atomic E-state index is 11.0. The molecule has 0 amide bonds. The van der Waals surface area contributed by atoms with Crippen molar-refractivity contribution in [2.75, 3.05) is 0 Å². The average molecular weight is 237 g/mol. The van der Waals surface area contributed by atoms with Crippen LogP contribution in [0, 0.1) is 6.92 Å². The Morgan fingerprint density at radius 2 is 2.19 bits per heavy atom. The first-order valence-corrected chi connectivity index (χ1v) is 6.26. The maximum absolute atomic E-state index is 11.0. The normalized spacial score (nSPS) is 17.2. The van der Waals surface area contributed by atoms with E-state index in [0.717, 1.165) is 16.5 Å². The molecule has 4 nitrogen and oxygen atoms in total. The predicted octanol–water partition coefficient (Wildman–Crippen LogP) is 1.77. The number of aryl methyl sites for hydroxylation is 1. The van der Waals surface area contributed by atoms with Gasteiger partial charge in [0.2, 0.25) is 0 Å². The lowest BCUT2D eigenvalue weighted by molar-refractivity contribution is 0.220. The van der Waals surface area contributed by atoms with Crippen LogP contribution in [0.2, 0.25) is 0 Å². The summed E-state index contributed by atoms with van der Waals surface area (Å²) in [5.41, 5.74) is 2.14. The summed E-state index contributed by atoms with van der Waals surface area (Å²) in [5, 5.41) is 1.02. The van der Waals surface area contributed by atoms with Gasteiger partial charge in [0.05, 0.1) is 11.6 Å². The van der Waals surface area contributed by atoms with Crippen molar-refractivity contribution in [3.05, 3.63) is 46.6 Å². The molecule has 0 aliphatic carbocycles. The van der Waals surface area contributed by atoms with E-state index in [9.17, 15) is 8.42 Å². The van der Waals surface area contributed by atoms with Crippen molar-refractivity contribution in [1.82, 2.24) is 0 Å². The average Bonchev–Trinajstić information content (AvgIpc) is 2.56. The van der Waals surface area contributed by atoms with Crippen molar-refractivity contribution in [3.63, 3.8) is 0 Å². The standard InChI is InChI=1S/C11H11NO3S/c1-9-3-2-4-10(5-9)7-15-11-6-12-16(13,14)8-11/h2-6,8H,7H2,1H3. The Kier molecular flexibility index (Phi) is 2.78. The maximum Gasteiger partial charge on any atom is 0.279 e. The third-order valence-corrected chi connectivity index (χ3v) is 3.01. The van der Waals surface area contributed by atoms with Crippen molar-refractivity contribution < 1.29 is 13.2 Å². The van der Waals surface area contributed by atoms with Gasteiger partial charge in [0.15, 0.2) is 5.76 Å². The summed E-state index contributed by atoms with van der Waals surface area (Å²) in [4.78, 5) is 0. The lowest BCUT2D eigenvalue weighted by Gasteiger charge is -2.04. The van der Waals surface area contributed by atoms with Gasteiger partial charge in [-0.3, -0.25) is 0 Å². The van der Waals surface area contributed by atoms with Gasteiger partial charge in [0.25, 0.3) is 10.0 Å². The molecule has 84 valence electrons. The van der Waals surface area contributed by atoms with E-state index < -0.39 is 10.0 Å². The summed E-state index contributed by atoms with van der Waals surface area (Å²) in [6.45, 7) is 2.33. The first-order valence-electron chi connectivity index (χ1n) is 4.75. The molecule has 1 aliphatic heterocycles. The van der Waals surface area contributed by atoms with Gasteiger partial charge in [-0.25, -0.2) is 0 Å². The Morgan fingerprint density at radius 1 is 1.38 bits per heavy atom. The lowest BCUT2D eigenvalue weighted by Crippen LogP contribution is -1.93. The molecule has 1 aromatic rings. The molecule has 0 bridgehead atoms. The molecule has 0 fully saturated rings. The summed E-state index contributed by atoms with van der Waals surface area (Å²) >= 11 is 0. The van der Waals surface area contributed by atoms with Crippen LogP contribution in [0.4, 0.5) is 0 Å². The van der Waals surface area contributed by atoms with Gasteiger partial charge in [-0.05, 0) is 12.5 Å². The molecule has 16 heavy (non-hydrogen) atoms. The van der Waals surface area contributed by atoms with Crippen LogP contribution in [-0.4, -0.2) is 14.6 Å². The zero-order valence-electron chi connectivity index (χ0n) is 8.75. The van der Waals surface area contributed by atoms with E-state index in [2.05, 4.69) is 4.40 Å². The van der Waals surface area contributed by atoms with Crippen LogP contribution in [0.25, 0.3) is 0 Å². The SMILES string of the molecule is Cc1cccc(COC2=CS(=O)(=O)N=C2)c1. The third kappa shape index (κ3) is 2.70. The predicted molar refractivity (Wildman–Crippen MR) is 61.5 cm³/mol. The fourth-order valence-corrected chi connectivity index (χ4v) is 2.11. The van der Waals surface area contributed by atoms with E-state index in [1.165, 1.54) is 6.21 Å². The van der Waals surface area contributed by atoms with Crippen LogP contribution >= 0.6 is 0 Å². The van der Waals surface area contributed by atoms with E-state index in [1.807, 2.05) is 31.2 Å². The van der Waals surface area contributed by atoms with Crippen molar-refractivity contribution in [2.24, 2.45) is 4.40 Å². The lowest BCUT2D eigenvalue weighted by atomic mass is 10.1. The third-order valence-electron chi connectivity index (χ3n) is 2.08. The smallest absolute Gasteiger partial charge is 0.279 e. The highest BCUT2D eigenvalue weighted by molar-refractivity contribution is 7.93. The highest BCUT2D eigenvalue weighted by Gasteiger charge is 2.13. The van der Waals surface area contributed by atoms with Gasteiger partial charge in [-0.15, -0.1) is 0 Å². The molecule has 1 heterocycles. The topological polar surface area (TPSA) is 55.7 Å². The summed E-state index contributed by atoms with van der Waals surface area (Å²) in [6, 6.07) is 7.83. The first-order chi connectivity index (χ1) is 7.55. The summed E-state index contributed by atoms with van der Waals surface area (Å²) in [5.74, 6) is 0.279. The minimum absolute atomic E-state index is 0.279. The monoisotopic (exact) mass is 237 g/mol. The molecule has 0 saturated carbocycles. The van der Waals surface area contributed by atoms with Gasteiger partial charge >= 0.3 is 0 Å². The number of benzene rings is 1. The van der Waals surface area contributed by atoms with Crippen LogP contribution < -0.4 is 0 Å². The van der Waals surface area contributed by atoms with Crippen LogP contribution in [0.3, 0.4) is 0 Å². The molecular weight excluding hydrogens is 226 g/mol. The van der Waals surface area contributed by atoms with Crippen LogP contribution in [0.15, 0.2) is 39.8 Å². The number of hydrogen-bond donors (Lipinski definition) is 0. The fraction of sp³-hybridized carbons (Fsp3) is 0.182. The van der Waals surface area contributed by atoms with Crippen LogP contribution in [0.1, 0.15) is 11.1 Å². The Morgan fingerprint density at radius 3 is 2.81 bits per heavy atom. The van der Waals surface area contributed by atoms with Gasteiger partial charge < -0.3 is 4.74 Å². The number of ether oxygens (including phenoxy) is 1. The largest absolute Gasteiger partial charge is 0.486 e. The Hall–Kier alpha value is -1.62. The zero-order chi connectivity index (χ0) is 11.6. The van der Waals surface area contributed by atoms with E-state index in [1.54, 1.807) is 0 Å². The minimum Gasteiger partial charge on any atom is -0.486 e. The molecule has 0 saturated heterocycles. The van der Waals surface area contributed by atoms with E-state index in [-0.39, 0.29) is 5.76 Å². The first kappa shape index (κ1) is 10.9. The summed E-state index contributed by atoms with van der Waals surface area (Å²) in [6.07, 6.45) is 1.21. The van der Waals surface area contributed by atoms with Crippen molar-refractivity contribution in [1.29, 1.82) is 0 Å². The Balaban J connectivity index is 2.02. The quantitative estimate of drug-likeness (QED) is 0.805. The molecule has 0 spiro atoms. The number of nitrogens with zero attached hydrogens (tertiary/aromatic N) is 1. The highest BCUT2D eigenvalue weighted by Crippen LogP contribution is 2.13. The number of hydrogen-bond acceptors (Lipinski definition) is 3. The van der Waals surface area contributed by atoms with Gasteiger partial charge in [0.1, 0.15) is 6.61 Å². The van der Waals surface area contributed by atoms with Crippen molar-refractivity contribution >= 4 is 16.2 Å². The van der Waals surface area contributed by atoms with Crippen LogP contribution in [0.5, 0.6) is 0 Å². The van der Waals surface area contributed by atoms with Gasteiger partial charge in [-0.1, -0.05) is 29.8 Å². The molecule has 5 heteroatoms. The molecule has 1 aromatic carbocycles. The Bertz CT molecular complexity index is 558. The second kappa shape index (κ2) is 4.09. The van der Waals surface area contributed by atoms with E-state index in [4.69, 9.17) is 4.74 Å². The molecule has 1 aliphatic rings. The van der Waals surface area contributed by atoms with Crippen LogP contribution in [-0.2, 0) is 21.4 Å². The van der Waals surface area contributed by atoms with E-state index >= 15 is 0 Å². The summed E-state index contributed by atoms with van der Waals surface area (Å²) in [7, 11) is -3.43. The molecule has 0 radical (unpaired) electrons. The van der Waals surface area contributed by atoms with E-state index in [0.29, 0.717) is 6.61 Å². The molecular formula is C11H11NO3S. The Labute approximate surface area is 94.3 Å². The minimum atomic E-state index is -3.43. The van der Waals surface area contributed by atoms with Crippen molar-refractivity contribution in [2.45, 2.75) is 13.5 Å². The van der Waals surface area contributed by atoms with Gasteiger partial charge in [-0.2, -0.15) is 12.8 Å². The second-order valence-electron chi connectivity index (χ2n) is 3.55. The van der Waals surface area contributed by atoms with Gasteiger partial charge in [0, 0.05) is 0 Å². The number of allylic oxidation sites excluding steroid dienone is 1. The molecule has 0 aromatic heterocycles. The fourth-order valence-electron chi connectivity index (χ4n) is 1.37. The van der Waals surface area contributed by atoms with Crippen molar-refractivity contribution in [3.8, 4) is 0 Å². The number of sulfonamides is 1. The molecule has 0 atom stereocenters. The second-order valence-corrected chi connectivity index (χ2v) is 5.02. The summed E-state index contributed by atoms with van der Waals surface area (Å²) < 4.78 is 30.5. The molecule has 0 N–H and O–H groups in total. The zero-order valence-corrected chi connectivity index (χ0v) is 9.57. The molecule has 0 unspecified atom stereocenters. The highest BCUT2D eigenvalue weighted by atomic mass is 32.2. The number of rotatable bonds is 3.